The summed E-state index contributed by atoms with van der Waals surface area (Å²) in [5.74, 6) is 0.631. The number of nitrogens with one attached hydrogen (secondary N) is 2. The van der Waals surface area contributed by atoms with Crippen LogP contribution in [-0.4, -0.2) is 15.9 Å². The Hall–Kier alpha value is -2.08. The summed E-state index contributed by atoms with van der Waals surface area (Å²) in [6, 6.07) is 3.54. The quantitative estimate of drug-likeness (QED) is 0.645. The summed E-state index contributed by atoms with van der Waals surface area (Å²) in [7, 11) is 0. The summed E-state index contributed by atoms with van der Waals surface area (Å²) in [4.78, 5) is 11.2. The fraction of sp³-hybridized carbons (Fsp3) is 0.100. The second-order valence-electron chi connectivity index (χ2n) is 3.21. The Morgan fingerprint density at radius 2 is 2.47 bits per heavy atom. The summed E-state index contributed by atoms with van der Waals surface area (Å²) >= 11 is 5.76. The number of furan rings is 1. The van der Waals surface area contributed by atoms with Crippen LogP contribution in [0.2, 0.25) is 5.02 Å². The molecule has 0 fully saturated rings. The number of nitrogens with zero attached hydrogens (tertiary/aromatic N) is 2. The van der Waals surface area contributed by atoms with Crippen LogP contribution in [0.3, 0.4) is 0 Å². The van der Waals surface area contributed by atoms with E-state index >= 15 is 0 Å². The summed E-state index contributed by atoms with van der Waals surface area (Å²) in [5.41, 5.74) is 3.15. The predicted octanol–water partition coefficient (Wildman–Crippen LogP) is 1.85. The molecule has 0 aliphatic carbocycles. The number of halogens is 1. The van der Waals surface area contributed by atoms with E-state index in [1.165, 1.54) is 6.20 Å². The van der Waals surface area contributed by atoms with Gasteiger partial charge in [-0.3, -0.25) is 10.2 Å². The van der Waals surface area contributed by atoms with E-state index in [4.69, 9.17) is 16.0 Å². The van der Waals surface area contributed by atoms with Gasteiger partial charge in [0.1, 0.15) is 22.2 Å². The molecule has 0 saturated carbocycles. The molecule has 17 heavy (non-hydrogen) atoms. The lowest BCUT2D eigenvalue weighted by molar-refractivity contribution is 0.557. The number of hydrogen-bond acceptors (Lipinski definition) is 5. The highest BCUT2D eigenvalue weighted by atomic mass is 35.5. The van der Waals surface area contributed by atoms with E-state index in [-0.39, 0.29) is 5.02 Å². The van der Waals surface area contributed by atoms with Gasteiger partial charge in [0.15, 0.2) is 0 Å². The average molecular weight is 253 g/mol. The van der Waals surface area contributed by atoms with Crippen LogP contribution in [-0.2, 0) is 0 Å². The molecule has 0 radical (unpaired) electrons. The standard InChI is InChI=1S/C10H9ClN4O2/c1-6(8-3-2-4-17-8)13-14-7-5-12-15-10(16)9(7)11/h2-5H,1H3,(H2,14,15,16)/b13-6-. The number of hydrazone groups is 1. The fourth-order valence-electron chi connectivity index (χ4n) is 1.15. The van der Waals surface area contributed by atoms with Crippen LogP contribution in [0.4, 0.5) is 5.69 Å². The number of aromatic nitrogens is 2. The Balaban J connectivity index is 2.20. The Kier molecular flexibility index (Phi) is 3.24. The van der Waals surface area contributed by atoms with Crippen LogP contribution in [0.25, 0.3) is 0 Å². The van der Waals surface area contributed by atoms with Gasteiger partial charge in [-0.25, -0.2) is 5.10 Å². The molecule has 2 aromatic heterocycles. The van der Waals surface area contributed by atoms with Crippen molar-refractivity contribution in [2.24, 2.45) is 5.10 Å². The summed E-state index contributed by atoms with van der Waals surface area (Å²) in [5, 5.41) is 9.86. The zero-order valence-electron chi connectivity index (χ0n) is 8.90. The lowest BCUT2D eigenvalue weighted by atomic mass is 10.3. The van der Waals surface area contributed by atoms with Crippen LogP contribution in [0.5, 0.6) is 0 Å². The fourth-order valence-corrected chi connectivity index (χ4v) is 1.28. The first-order chi connectivity index (χ1) is 8.18. The third-order valence-electron chi connectivity index (χ3n) is 2.02. The van der Waals surface area contributed by atoms with E-state index < -0.39 is 5.56 Å². The second kappa shape index (κ2) is 4.84. The maximum atomic E-state index is 11.2. The van der Waals surface area contributed by atoms with Crippen molar-refractivity contribution >= 4 is 23.0 Å². The predicted molar refractivity (Wildman–Crippen MR) is 64.4 cm³/mol. The van der Waals surface area contributed by atoms with Crippen molar-refractivity contribution in [3.63, 3.8) is 0 Å². The summed E-state index contributed by atoms with van der Waals surface area (Å²) < 4.78 is 5.15. The molecule has 0 aliphatic heterocycles. The van der Waals surface area contributed by atoms with Crippen molar-refractivity contribution in [2.45, 2.75) is 6.92 Å². The van der Waals surface area contributed by atoms with Gasteiger partial charge in [0.05, 0.1) is 12.5 Å². The summed E-state index contributed by atoms with van der Waals surface area (Å²) in [6.45, 7) is 1.76. The van der Waals surface area contributed by atoms with E-state index in [9.17, 15) is 4.79 Å². The van der Waals surface area contributed by atoms with Gasteiger partial charge in [-0.2, -0.15) is 10.2 Å². The van der Waals surface area contributed by atoms with Crippen molar-refractivity contribution in [2.75, 3.05) is 5.43 Å². The number of anilines is 1. The van der Waals surface area contributed by atoms with Gasteiger partial charge in [-0.05, 0) is 19.1 Å². The van der Waals surface area contributed by atoms with Crippen molar-refractivity contribution in [3.8, 4) is 0 Å². The number of rotatable bonds is 3. The minimum atomic E-state index is -0.470. The van der Waals surface area contributed by atoms with Crippen molar-refractivity contribution in [3.05, 3.63) is 45.7 Å². The Labute approximate surface area is 101 Å². The molecule has 2 aromatic rings. The normalized spacial score (nSPS) is 11.5. The lowest BCUT2D eigenvalue weighted by Crippen LogP contribution is -2.10. The zero-order valence-corrected chi connectivity index (χ0v) is 9.65. The first-order valence-electron chi connectivity index (χ1n) is 4.76. The van der Waals surface area contributed by atoms with E-state index in [1.54, 1.807) is 25.3 Å². The molecular weight excluding hydrogens is 244 g/mol. The third-order valence-corrected chi connectivity index (χ3v) is 2.39. The molecule has 0 amide bonds. The molecule has 0 bridgehead atoms. The number of H-pyrrole nitrogens is 1. The minimum Gasteiger partial charge on any atom is -0.463 e. The molecule has 0 aromatic carbocycles. The number of hydrogen-bond donors (Lipinski definition) is 2. The monoisotopic (exact) mass is 252 g/mol. The highest BCUT2D eigenvalue weighted by molar-refractivity contribution is 6.32. The van der Waals surface area contributed by atoms with E-state index in [2.05, 4.69) is 20.7 Å². The highest BCUT2D eigenvalue weighted by Gasteiger charge is 2.04. The Morgan fingerprint density at radius 3 is 3.18 bits per heavy atom. The van der Waals surface area contributed by atoms with Gasteiger partial charge in [0.25, 0.3) is 5.56 Å². The van der Waals surface area contributed by atoms with Gasteiger partial charge in [0.2, 0.25) is 0 Å². The Bertz CT molecular complexity index is 589. The molecule has 6 nitrogen and oxygen atoms in total. The Morgan fingerprint density at radius 1 is 1.65 bits per heavy atom. The van der Waals surface area contributed by atoms with E-state index in [0.29, 0.717) is 17.2 Å². The molecule has 2 heterocycles. The zero-order chi connectivity index (χ0) is 12.3. The molecule has 7 heteroatoms. The van der Waals surface area contributed by atoms with Crippen LogP contribution >= 0.6 is 11.6 Å². The van der Waals surface area contributed by atoms with Crippen molar-refractivity contribution in [1.29, 1.82) is 0 Å². The maximum absolute atomic E-state index is 11.2. The first kappa shape index (κ1) is 11.4. The molecule has 0 unspecified atom stereocenters. The SMILES string of the molecule is C/C(=N/Nc1cn[nH]c(=O)c1Cl)c1ccco1. The number of aromatic amines is 1. The van der Waals surface area contributed by atoms with Gasteiger partial charge in [-0.1, -0.05) is 11.6 Å². The molecule has 2 rings (SSSR count). The van der Waals surface area contributed by atoms with Gasteiger partial charge >= 0.3 is 0 Å². The van der Waals surface area contributed by atoms with E-state index in [1.807, 2.05) is 0 Å². The molecule has 0 saturated heterocycles. The van der Waals surface area contributed by atoms with Gasteiger partial charge < -0.3 is 4.42 Å². The van der Waals surface area contributed by atoms with Gasteiger partial charge in [-0.15, -0.1) is 0 Å². The van der Waals surface area contributed by atoms with Crippen LogP contribution in [0.15, 0.2) is 38.9 Å². The van der Waals surface area contributed by atoms with Crippen molar-refractivity contribution in [1.82, 2.24) is 10.2 Å². The minimum absolute atomic E-state index is 0.0102. The average Bonchev–Trinajstić information content (AvgIpc) is 2.84. The third kappa shape index (κ3) is 2.54. The topological polar surface area (TPSA) is 83.3 Å². The van der Waals surface area contributed by atoms with Crippen LogP contribution < -0.4 is 11.0 Å². The molecule has 0 spiro atoms. The smallest absolute Gasteiger partial charge is 0.285 e. The molecular formula is C10H9ClN4O2. The maximum Gasteiger partial charge on any atom is 0.285 e. The lowest BCUT2D eigenvalue weighted by Gasteiger charge is -2.02. The molecule has 2 N–H and O–H groups in total. The molecule has 0 aliphatic rings. The van der Waals surface area contributed by atoms with Gasteiger partial charge in [0, 0.05) is 0 Å². The van der Waals surface area contributed by atoms with Crippen LogP contribution in [0.1, 0.15) is 12.7 Å². The molecule has 0 atom stereocenters. The summed E-state index contributed by atoms with van der Waals surface area (Å²) in [6.07, 6.45) is 2.93. The first-order valence-corrected chi connectivity index (χ1v) is 5.13. The highest BCUT2D eigenvalue weighted by Crippen LogP contribution is 2.14. The van der Waals surface area contributed by atoms with E-state index in [0.717, 1.165) is 0 Å². The molecule has 88 valence electrons. The largest absolute Gasteiger partial charge is 0.463 e. The van der Waals surface area contributed by atoms with Crippen molar-refractivity contribution < 1.29 is 4.42 Å². The van der Waals surface area contributed by atoms with Crippen LogP contribution in [0, 0.1) is 0 Å². The second-order valence-corrected chi connectivity index (χ2v) is 3.59.